The third kappa shape index (κ3) is 2.35. The van der Waals surface area contributed by atoms with Gasteiger partial charge in [-0.1, -0.05) is 6.07 Å². The van der Waals surface area contributed by atoms with E-state index in [1.807, 2.05) is 6.07 Å². The largest absolute Gasteiger partial charge is 0.397 e. The molecule has 0 aliphatic carbocycles. The maximum absolute atomic E-state index is 9.30. The van der Waals surface area contributed by atoms with Crippen LogP contribution in [0.4, 0.5) is 11.4 Å². The van der Waals surface area contributed by atoms with Gasteiger partial charge in [-0.25, -0.2) is 0 Å². The first-order valence-corrected chi connectivity index (χ1v) is 4.30. The summed E-state index contributed by atoms with van der Waals surface area (Å²) in [5.74, 6) is 0. The van der Waals surface area contributed by atoms with Gasteiger partial charge in [0.25, 0.3) is 0 Å². The molecule has 0 fully saturated rings. The highest BCUT2D eigenvalue weighted by Gasteiger charge is 2.07. The van der Waals surface area contributed by atoms with E-state index in [0.717, 1.165) is 12.0 Å². The van der Waals surface area contributed by atoms with E-state index in [4.69, 9.17) is 11.5 Å². The first kappa shape index (κ1) is 10.8. The van der Waals surface area contributed by atoms with Gasteiger partial charge in [0.05, 0.1) is 12.8 Å². The van der Waals surface area contributed by atoms with E-state index in [9.17, 15) is 5.21 Å². The molecule has 0 aromatic heterocycles. The van der Waals surface area contributed by atoms with Crippen LogP contribution in [-0.4, -0.2) is 18.9 Å². The SMILES string of the molecule is CON(O)c1cc(CCN)ccc1N. The lowest BCUT2D eigenvalue weighted by Gasteiger charge is -2.16. The fourth-order valence-electron chi connectivity index (χ4n) is 1.18. The van der Waals surface area contributed by atoms with Crippen LogP contribution in [-0.2, 0) is 11.3 Å². The Kier molecular flexibility index (Phi) is 3.70. The number of anilines is 2. The zero-order valence-electron chi connectivity index (χ0n) is 8.10. The predicted molar refractivity (Wildman–Crippen MR) is 54.9 cm³/mol. The molecule has 0 saturated carbocycles. The van der Waals surface area contributed by atoms with Crippen molar-refractivity contribution in [2.24, 2.45) is 5.73 Å². The number of rotatable bonds is 4. The summed E-state index contributed by atoms with van der Waals surface area (Å²) in [5, 5.41) is 9.94. The quantitative estimate of drug-likeness (QED) is 0.484. The van der Waals surface area contributed by atoms with Crippen LogP contribution in [0.3, 0.4) is 0 Å². The zero-order valence-corrected chi connectivity index (χ0v) is 8.10. The molecule has 14 heavy (non-hydrogen) atoms. The Morgan fingerprint density at radius 2 is 2.21 bits per heavy atom. The lowest BCUT2D eigenvalue weighted by Crippen LogP contribution is -2.17. The van der Waals surface area contributed by atoms with Crippen molar-refractivity contribution < 1.29 is 10.0 Å². The van der Waals surface area contributed by atoms with Gasteiger partial charge in [-0.3, -0.25) is 10.0 Å². The lowest BCUT2D eigenvalue weighted by molar-refractivity contribution is -0.0106. The Morgan fingerprint density at radius 3 is 2.79 bits per heavy atom. The minimum Gasteiger partial charge on any atom is -0.397 e. The molecule has 1 aromatic rings. The normalized spacial score (nSPS) is 10.2. The fraction of sp³-hybridized carbons (Fsp3) is 0.333. The van der Waals surface area contributed by atoms with E-state index in [0.29, 0.717) is 23.1 Å². The molecule has 1 rings (SSSR count). The molecule has 0 heterocycles. The van der Waals surface area contributed by atoms with Crippen molar-refractivity contribution in [1.29, 1.82) is 0 Å². The standard InChI is InChI=1S/C9H15N3O2/c1-14-12(13)9-6-7(4-5-10)2-3-8(9)11/h2-3,6,13H,4-5,10-11H2,1H3. The molecular formula is C9H15N3O2. The van der Waals surface area contributed by atoms with E-state index >= 15 is 0 Å². The third-order valence-electron chi connectivity index (χ3n) is 1.91. The average molecular weight is 197 g/mol. The van der Waals surface area contributed by atoms with E-state index < -0.39 is 0 Å². The number of nitrogens with two attached hydrogens (primary N) is 2. The van der Waals surface area contributed by atoms with Crippen molar-refractivity contribution in [3.8, 4) is 0 Å². The average Bonchev–Trinajstić information content (AvgIpc) is 2.20. The van der Waals surface area contributed by atoms with Gasteiger partial charge in [-0.2, -0.15) is 0 Å². The summed E-state index contributed by atoms with van der Waals surface area (Å²) in [7, 11) is 1.36. The molecule has 0 saturated heterocycles. The summed E-state index contributed by atoms with van der Waals surface area (Å²) in [5.41, 5.74) is 13.0. The maximum atomic E-state index is 9.30. The molecule has 0 atom stereocenters. The van der Waals surface area contributed by atoms with Crippen LogP contribution in [0.2, 0.25) is 0 Å². The fourth-order valence-corrected chi connectivity index (χ4v) is 1.18. The molecule has 0 aliphatic rings. The van der Waals surface area contributed by atoms with Crippen LogP contribution < -0.4 is 16.7 Å². The molecule has 0 bridgehead atoms. The first-order valence-electron chi connectivity index (χ1n) is 4.30. The molecule has 0 amide bonds. The highest BCUT2D eigenvalue weighted by molar-refractivity contribution is 5.66. The predicted octanol–water partition coefficient (Wildman–Crippen LogP) is 0.527. The zero-order chi connectivity index (χ0) is 10.6. The molecule has 78 valence electrons. The van der Waals surface area contributed by atoms with Gasteiger partial charge >= 0.3 is 0 Å². The number of nitrogen functional groups attached to an aromatic ring is 1. The molecule has 0 aliphatic heterocycles. The Hall–Kier alpha value is -1.30. The number of nitrogens with zero attached hydrogens (tertiary/aromatic N) is 1. The summed E-state index contributed by atoms with van der Waals surface area (Å²) >= 11 is 0. The Balaban J connectivity index is 2.95. The van der Waals surface area contributed by atoms with Gasteiger partial charge in [0.15, 0.2) is 0 Å². The van der Waals surface area contributed by atoms with Gasteiger partial charge < -0.3 is 11.5 Å². The Labute approximate surface area is 82.8 Å². The van der Waals surface area contributed by atoms with Crippen molar-refractivity contribution in [1.82, 2.24) is 0 Å². The van der Waals surface area contributed by atoms with Crippen molar-refractivity contribution in [2.75, 3.05) is 24.6 Å². The van der Waals surface area contributed by atoms with Crippen LogP contribution >= 0.6 is 0 Å². The van der Waals surface area contributed by atoms with Crippen molar-refractivity contribution >= 4 is 11.4 Å². The summed E-state index contributed by atoms with van der Waals surface area (Å²) in [6.07, 6.45) is 0.741. The van der Waals surface area contributed by atoms with Gasteiger partial charge in [0, 0.05) is 0 Å². The minimum atomic E-state index is 0.429. The van der Waals surface area contributed by atoms with Crippen LogP contribution in [0, 0.1) is 0 Å². The van der Waals surface area contributed by atoms with Crippen molar-refractivity contribution in [3.63, 3.8) is 0 Å². The molecule has 0 spiro atoms. The minimum absolute atomic E-state index is 0.429. The van der Waals surface area contributed by atoms with E-state index in [1.165, 1.54) is 7.11 Å². The molecule has 0 radical (unpaired) electrons. The summed E-state index contributed by atoms with van der Waals surface area (Å²) in [4.78, 5) is 4.63. The van der Waals surface area contributed by atoms with E-state index in [-0.39, 0.29) is 0 Å². The maximum Gasteiger partial charge on any atom is 0.118 e. The Morgan fingerprint density at radius 1 is 1.50 bits per heavy atom. The highest BCUT2D eigenvalue weighted by Crippen LogP contribution is 2.23. The number of benzene rings is 1. The summed E-state index contributed by atoms with van der Waals surface area (Å²) in [6.45, 7) is 0.557. The molecule has 0 unspecified atom stereocenters. The van der Waals surface area contributed by atoms with Gasteiger partial charge in [0.1, 0.15) is 5.69 Å². The topological polar surface area (TPSA) is 84.7 Å². The Bertz CT molecular complexity index is 304. The van der Waals surface area contributed by atoms with Gasteiger partial charge in [0.2, 0.25) is 0 Å². The van der Waals surface area contributed by atoms with Crippen LogP contribution in [0.25, 0.3) is 0 Å². The van der Waals surface area contributed by atoms with E-state index in [1.54, 1.807) is 12.1 Å². The van der Waals surface area contributed by atoms with Crippen LogP contribution in [0.15, 0.2) is 18.2 Å². The molecular weight excluding hydrogens is 182 g/mol. The molecule has 5 heteroatoms. The van der Waals surface area contributed by atoms with Crippen LogP contribution in [0.5, 0.6) is 0 Å². The van der Waals surface area contributed by atoms with Crippen LogP contribution in [0.1, 0.15) is 5.56 Å². The smallest absolute Gasteiger partial charge is 0.118 e. The summed E-state index contributed by atoms with van der Waals surface area (Å²) < 4.78 is 0. The molecule has 5 nitrogen and oxygen atoms in total. The lowest BCUT2D eigenvalue weighted by atomic mass is 10.1. The second-order valence-corrected chi connectivity index (χ2v) is 2.89. The second kappa shape index (κ2) is 4.80. The molecule has 5 N–H and O–H groups in total. The van der Waals surface area contributed by atoms with Gasteiger partial charge in [-0.05, 0) is 30.7 Å². The monoisotopic (exact) mass is 197 g/mol. The van der Waals surface area contributed by atoms with Crippen molar-refractivity contribution in [3.05, 3.63) is 23.8 Å². The summed E-state index contributed by atoms with van der Waals surface area (Å²) in [6, 6.07) is 5.32. The molecule has 1 aromatic carbocycles. The number of hydrogen-bond donors (Lipinski definition) is 3. The van der Waals surface area contributed by atoms with E-state index in [2.05, 4.69) is 4.84 Å². The first-order chi connectivity index (χ1) is 6.69. The van der Waals surface area contributed by atoms with Gasteiger partial charge in [-0.15, -0.1) is 5.23 Å². The highest BCUT2D eigenvalue weighted by atomic mass is 16.9. The van der Waals surface area contributed by atoms with Crippen molar-refractivity contribution in [2.45, 2.75) is 6.42 Å². The number of hydrogen-bond acceptors (Lipinski definition) is 5. The third-order valence-corrected chi connectivity index (χ3v) is 1.91. The second-order valence-electron chi connectivity index (χ2n) is 2.89.